The largest absolute Gasteiger partial charge is 0.585 e. The van der Waals surface area contributed by atoms with E-state index in [0.717, 1.165) is 63.7 Å². The molecule has 5 rings (SSSR count). The molecule has 0 saturated heterocycles. The molecule has 0 atom stereocenters. The summed E-state index contributed by atoms with van der Waals surface area (Å²) in [7, 11) is 0. The van der Waals surface area contributed by atoms with Crippen molar-refractivity contribution in [3.8, 4) is 0 Å². The van der Waals surface area contributed by atoms with Crippen LogP contribution in [0.3, 0.4) is 0 Å². The van der Waals surface area contributed by atoms with E-state index in [4.69, 9.17) is 31.0 Å². The number of allylic oxidation sites excluding steroid dienone is 4. The Bertz CT molecular complexity index is 2680. The molecule has 4 aromatic carbocycles. The Morgan fingerprint density at radius 2 is 0.571 bits per heavy atom. The van der Waals surface area contributed by atoms with Crippen LogP contribution in [0.4, 0.5) is 99.1 Å². The number of alkyl halides is 9. The molecular weight excluding hydrogens is 1390 g/mol. The van der Waals surface area contributed by atoms with Gasteiger partial charge in [0.1, 0.15) is 13.1 Å². The van der Waals surface area contributed by atoms with Crippen molar-refractivity contribution in [3.63, 3.8) is 0 Å². The van der Waals surface area contributed by atoms with Gasteiger partial charge in [0.2, 0.25) is 17.1 Å². The minimum absolute atomic E-state index is 0. The number of halogens is 12. The fourth-order valence-electron chi connectivity index (χ4n) is 9.31. The van der Waals surface area contributed by atoms with Gasteiger partial charge in [-0.1, -0.05) is 114 Å². The molecule has 98 heavy (non-hydrogen) atoms. The maximum Gasteiger partial charge on any atom is 0.335 e. The number of benzene rings is 4. The van der Waals surface area contributed by atoms with Crippen molar-refractivity contribution in [1.29, 1.82) is 0 Å². The molecule has 32 heteroatoms. The Balaban J connectivity index is -0.000000389. The summed E-state index contributed by atoms with van der Waals surface area (Å²) in [6, 6.07) is 37.4. The van der Waals surface area contributed by atoms with E-state index in [-0.39, 0.29) is 46.0 Å². The van der Waals surface area contributed by atoms with Crippen molar-refractivity contribution in [1.82, 2.24) is 4.58 Å². The van der Waals surface area contributed by atoms with Gasteiger partial charge in [-0.25, -0.2) is 4.58 Å². The molecule has 0 bridgehead atoms. The summed E-state index contributed by atoms with van der Waals surface area (Å²) in [6.45, 7) is 27.1. The lowest BCUT2D eigenvalue weighted by atomic mass is 10.1. The summed E-state index contributed by atoms with van der Waals surface area (Å²) in [5.74, 6) is 0. The van der Waals surface area contributed by atoms with Gasteiger partial charge in [0.15, 0.2) is 5.71 Å². The molecule has 0 fully saturated rings. The lowest BCUT2D eigenvalue weighted by Crippen LogP contribution is -2.25. The van der Waals surface area contributed by atoms with Crippen molar-refractivity contribution in [2.75, 3.05) is 72.0 Å². The molecule has 566 valence electrons. The van der Waals surface area contributed by atoms with Gasteiger partial charge >= 0.3 is 53.6 Å². The summed E-state index contributed by atoms with van der Waals surface area (Å²) < 4.78 is 149. The van der Waals surface area contributed by atoms with Gasteiger partial charge in [0.25, 0.3) is 0 Å². The fourth-order valence-corrected chi connectivity index (χ4v) is 9.31. The average Bonchev–Trinajstić information content (AvgIpc) is 0.792. The monoisotopic (exact) mass is 1490 g/mol. The van der Waals surface area contributed by atoms with E-state index in [1.54, 1.807) is 0 Å². The van der Waals surface area contributed by atoms with Crippen LogP contribution < -0.4 is 24.2 Å². The van der Waals surface area contributed by atoms with E-state index in [0.29, 0.717) is 5.32 Å². The standard InChI is InChI=1S/C62H92N6.C2F6N.CHF3N.CH4.3FH.3O2S.2H2O.H2S/c1-9-17-45-63(46-18-10-2)53-25-33-57(34-26-53)67(58-35-27-54(28-36-58)64(47-19-11-3)48-20-12-4)61-41-43-62(44-42-61)68(59-37-29-55(30-38-59)65(49-21-13-5)50-22-14-6)60-39-31-56(32-40-60)66(51-23-15-7)52-24-16-8;3-1(4,5)9-2(6,7)8;2-1(3,4)5;;;;;3*1-3-2;;;/h25-44H,9-24,45-52H2,1-8H3;;5H;1H4;3*1H;;;;3*1H2/q+2;2*-1;;;;;;;;;;. The maximum absolute atomic E-state index is 10.7. The van der Waals surface area contributed by atoms with Crippen LogP contribution >= 0.6 is 13.5 Å². The summed E-state index contributed by atoms with van der Waals surface area (Å²) in [5, 5.41) is 0.542. The number of unbranched alkanes of at least 4 members (excludes halogenated alkanes) is 8. The molecule has 0 heterocycles. The fraction of sp³-hybridized carbons (Fsp3) is 0.545. The summed E-state index contributed by atoms with van der Waals surface area (Å²) in [5.41, 5.74) is 17.2. The average molecular weight is 1500 g/mol. The zero-order valence-electron chi connectivity index (χ0n) is 56.4. The zero-order chi connectivity index (χ0) is 68.7. The molecule has 16 nitrogen and oxygen atoms in total. The molecule has 5 N–H and O–H groups in total. The minimum atomic E-state index is -5.52. The topological polar surface area (TPSA) is 222 Å². The minimum Gasteiger partial charge on any atom is -0.585 e. The van der Waals surface area contributed by atoms with E-state index >= 15 is 0 Å². The summed E-state index contributed by atoms with van der Waals surface area (Å²) >= 11 is -2.25. The van der Waals surface area contributed by atoms with Gasteiger partial charge in [-0.15, -0.1) is 0 Å². The van der Waals surface area contributed by atoms with Gasteiger partial charge < -0.3 is 41.6 Å². The molecule has 1 aliphatic rings. The van der Waals surface area contributed by atoms with Crippen LogP contribution in [0.2, 0.25) is 0 Å². The smallest absolute Gasteiger partial charge is 0.335 e. The van der Waals surface area contributed by atoms with E-state index in [1.165, 1.54) is 148 Å². The third-order valence-electron chi connectivity index (χ3n) is 13.8. The second-order valence-electron chi connectivity index (χ2n) is 20.8. The molecule has 1 aliphatic carbocycles. The van der Waals surface area contributed by atoms with Crippen molar-refractivity contribution < 1.29 is 94.4 Å². The highest BCUT2D eigenvalue weighted by Gasteiger charge is 2.28. The first-order valence-corrected chi connectivity index (χ1v) is 32.9. The SMILES string of the molecule is C.CCCCN(CCCC)c1ccc(N(c2ccc(N(CCCC)CCCC)cc2)c2ccc([N+](=C3C=CC(=[N+](CCCC)CCCC)C=C3)c3ccc(N(CCCC)CCCC)cc3)cc2)cc1.F.F.F.FC(F)(F)[N-]C(F)(F)F.O.O.O=S=O.O=S=O.O=S=O.S.[NH-]C(F)(F)F. The van der Waals surface area contributed by atoms with Crippen LogP contribution in [0.15, 0.2) is 121 Å². The number of hydrogen-bond acceptors (Lipinski definition) is 10. The van der Waals surface area contributed by atoms with Gasteiger partial charge in [-0.2, -0.15) is 82.8 Å². The van der Waals surface area contributed by atoms with Crippen molar-refractivity contribution in [2.24, 2.45) is 0 Å². The highest BCUT2D eigenvalue weighted by Crippen LogP contribution is 2.39. The van der Waals surface area contributed by atoms with Crippen molar-refractivity contribution >= 4 is 105 Å². The quantitative estimate of drug-likeness (QED) is 0.0195. The van der Waals surface area contributed by atoms with Crippen molar-refractivity contribution in [3.05, 3.63) is 132 Å². The first kappa shape index (κ1) is 108. The molecule has 0 amide bonds. The molecule has 0 radical (unpaired) electrons. The number of nitrogens with one attached hydrogen (secondary N) is 1. The van der Waals surface area contributed by atoms with Gasteiger partial charge in [-0.3, -0.25) is 14.1 Å². The lowest BCUT2D eigenvalue weighted by molar-refractivity contribution is -0.527. The Morgan fingerprint density at radius 3 is 0.776 bits per heavy atom. The lowest BCUT2D eigenvalue weighted by Gasteiger charge is -2.29. The molecule has 0 aliphatic heterocycles. The van der Waals surface area contributed by atoms with Crippen molar-refractivity contribution in [2.45, 2.75) is 184 Å². The van der Waals surface area contributed by atoms with Gasteiger partial charge in [0.05, 0.1) is 0 Å². The number of rotatable bonds is 32. The molecule has 4 aromatic rings. The Morgan fingerprint density at radius 1 is 0.378 bits per heavy atom. The van der Waals surface area contributed by atoms with E-state index in [2.05, 4.69) is 206 Å². The maximum atomic E-state index is 10.7. The van der Waals surface area contributed by atoms with Crippen LogP contribution in [0.25, 0.3) is 11.1 Å². The van der Waals surface area contributed by atoms with Gasteiger partial charge in [-0.05, 0) is 111 Å². The van der Waals surface area contributed by atoms with Crippen LogP contribution in [0.5, 0.6) is 0 Å². The number of nitrogens with zero attached hydrogens (tertiary/aromatic N) is 7. The second kappa shape index (κ2) is 62.9. The molecule has 0 aromatic heterocycles. The predicted octanol–water partition coefficient (Wildman–Crippen LogP) is 18.3. The van der Waals surface area contributed by atoms with Crippen LogP contribution in [0.1, 0.15) is 166 Å². The first-order valence-electron chi connectivity index (χ1n) is 30.9. The first-order chi connectivity index (χ1) is 43.4. The Kier molecular flexibility index (Phi) is 69.1. The molecule has 0 spiro atoms. The third-order valence-corrected chi connectivity index (χ3v) is 13.8. The highest BCUT2D eigenvalue weighted by molar-refractivity contribution is 7.59. The molecule has 0 saturated carbocycles. The summed E-state index contributed by atoms with van der Waals surface area (Å²) in [4.78, 5) is 10.2. The van der Waals surface area contributed by atoms with E-state index in [1.807, 2.05) is 0 Å². The van der Waals surface area contributed by atoms with Crippen LogP contribution in [-0.4, -0.2) is 123 Å². The molecular formula is C66H106F12N8O8S4. The summed E-state index contributed by atoms with van der Waals surface area (Å²) in [6.07, 6.45) is 12.9. The van der Waals surface area contributed by atoms with Crippen LogP contribution in [-0.2, 0) is 34.7 Å². The van der Waals surface area contributed by atoms with E-state index < -0.39 is 53.6 Å². The van der Waals surface area contributed by atoms with Gasteiger partial charge in [0, 0.05) is 135 Å². The zero-order valence-corrected chi connectivity index (χ0v) is 59.9. The third kappa shape index (κ3) is 47.7. The number of hydrogen-bond donors (Lipinski definition) is 0. The predicted molar refractivity (Wildman–Crippen MR) is 388 cm³/mol. The van der Waals surface area contributed by atoms with E-state index in [9.17, 15) is 39.5 Å². The number of anilines is 6. The molecule has 0 unspecified atom stereocenters. The Labute approximate surface area is 590 Å². The normalized spacial score (nSPS) is 10.7. The van der Waals surface area contributed by atoms with Crippen LogP contribution in [0, 0.1) is 0 Å². The highest BCUT2D eigenvalue weighted by atomic mass is 32.1. The second-order valence-corrected chi connectivity index (χ2v) is 21.2. The Hall–Kier alpha value is -6.29.